The van der Waals surface area contributed by atoms with Gasteiger partial charge in [-0.1, -0.05) is 28.1 Å². The molecule has 8 heteroatoms. The van der Waals surface area contributed by atoms with E-state index in [4.69, 9.17) is 4.42 Å². The van der Waals surface area contributed by atoms with Crippen LogP contribution in [0.3, 0.4) is 0 Å². The molecule has 0 aliphatic carbocycles. The van der Waals surface area contributed by atoms with Crippen LogP contribution < -0.4 is 10.6 Å². The molecule has 25 heavy (non-hydrogen) atoms. The number of anilines is 1. The van der Waals surface area contributed by atoms with Gasteiger partial charge in [-0.2, -0.15) is 0 Å². The lowest BCUT2D eigenvalue weighted by Crippen LogP contribution is -2.32. The van der Waals surface area contributed by atoms with Gasteiger partial charge in [-0.3, -0.25) is 9.59 Å². The van der Waals surface area contributed by atoms with E-state index in [1.54, 1.807) is 13.0 Å². The highest BCUT2D eigenvalue weighted by molar-refractivity contribution is 9.10. The lowest BCUT2D eigenvalue weighted by molar-refractivity contribution is -0.115. The van der Waals surface area contributed by atoms with Gasteiger partial charge in [0.25, 0.3) is 5.91 Å². The Morgan fingerprint density at radius 1 is 1.32 bits per heavy atom. The van der Waals surface area contributed by atoms with Crippen molar-refractivity contribution in [2.75, 3.05) is 11.9 Å². The Bertz CT molecular complexity index is 919. The van der Waals surface area contributed by atoms with Crippen molar-refractivity contribution >= 4 is 44.2 Å². The highest BCUT2D eigenvalue weighted by Crippen LogP contribution is 2.26. The van der Waals surface area contributed by atoms with E-state index in [1.165, 1.54) is 17.6 Å². The van der Waals surface area contributed by atoms with E-state index in [2.05, 4.69) is 31.5 Å². The van der Waals surface area contributed by atoms with E-state index in [1.807, 2.05) is 29.6 Å². The zero-order valence-electron chi connectivity index (χ0n) is 13.2. The first-order valence-corrected chi connectivity index (χ1v) is 9.04. The van der Waals surface area contributed by atoms with Gasteiger partial charge in [0.2, 0.25) is 5.91 Å². The number of thiazole rings is 1. The topological polar surface area (TPSA) is 84.2 Å². The quantitative estimate of drug-likeness (QED) is 0.657. The molecule has 2 N–H and O–H groups in total. The predicted molar refractivity (Wildman–Crippen MR) is 99.7 cm³/mol. The summed E-state index contributed by atoms with van der Waals surface area (Å²) in [5, 5.41) is 7.58. The van der Waals surface area contributed by atoms with Gasteiger partial charge in [-0.05, 0) is 25.1 Å². The summed E-state index contributed by atoms with van der Waals surface area (Å²) in [6, 6.07) is 9.31. The normalized spacial score (nSPS) is 10.5. The van der Waals surface area contributed by atoms with E-state index in [-0.39, 0.29) is 18.4 Å². The minimum absolute atomic E-state index is 0.144. The zero-order chi connectivity index (χ0) is 17.8. The SMILES string of the molecule is Cc1occc1C(=O)NCC(=O)Nc1nc(-c2cccc(Br)c2)cs1. The summed E-state index contributed by atoms with van der Waals surface area (Å²) in [4.78, 5) is 28.3. The monoisotopic (exact) mass is 419 g/mol. The number of carbonyl (C=O) groups is 2. The fourth-order valence-electron chi connectivity index (χ4n) is 2.15. The molecule has 0 bridgehead atoms. The first-order valence-electron chi connectivity index (χ1n) is 7.36. The molecule has 0 saturated carbocycles. The molecule has 3 aromatic rings. The number of hydrogen-bond acceptors (Lipinski definition) is 5. The fraction of sp³-hybridized carbons (Fsp3) is 0.118. The molecule has 0 saturated heterocycles. The summed E-state index contributed by atoms with van der Waals surface area (Å²) in [5.41, 5.74) is 2.15. The van der Waals surface area contributed by atoms with Crippen molar-refractivity contribution in [3.8, 4) is 11.3 Å². The Kier molecular flexibility index (Phi) is 5.30. The van der Waals surface area contributed by atoms with Crippen molar-refractivity contribution in [2.24, 2.45) is 0 Å². The average Bonchev–Trinajstić information content (AvgIpc) is 3.22. The van der Waals surface area contributed by atoms with Gasteiger partial charge in [-0.25, -0.2) is 4.98 Å². The third-order valence-corrected chi connectivity index (χ3v) is 4.63. The number of nitrogens with one attached hydrogen (secondary N) is 2. The van der Waals surface area contributed by atoms with Crippen LogP contribution in [0.25, 0.3) is 11.3 Å². The fourth-order valence-corrected chi connectivity index (χ4v) is 3.29. The number of amides is 2. The largest absolute Gasteiger partial charge is 0.469 e. The molecule has 0 atom stereocenters. The number of rotatable bonds is 5. The third-order valence-electron chi connectivity index (χ3n) is 3.38. The summed E-state index contributed by atoms with van der Waals surface area (Å²) in [5.74, 6) is -0.184. The molecule has 3 rings (SSSR count). The van der Waals surface area contributed by atoms with E-state index in [0.717, 1.165) is 15.7 Å². The van der Waals surface area contributed by atoms with Gasteiger partial charge in [0, 0.05) is 15.4 Å². The van der Waals surface area contributed by atoms with E-state index >= 15 is 0 Å². The lowest BCUT2D eigenvalue weighted by atomic mass is 10.2. The molecule has 0 aliphatic rings. The van der Waals surface area contributed by atoms with Crippen LogP contribution in [0, 0.1) is 6.92 Å². The number of halogens is 1. The number of furan rings is 1. The molecule has 2 heterocycles. The predicted octanol–water partition coefficient (Wildman–Crippen LogP) is 3.84. The summed E-state index contributed by atoms with van der Waals surface area (Å²) in [6.45, 7) is 1.54. The summed E-state index contributed by atoms with van der Waals surface area (Å²) < 4.78 is 6.03. The van der Waals surface area contributed by atoms with Gasteiger partial charge in [0.15, 0.2) is 5.13 Å². The Morgan fingerprint density at radius 2 is 2.16 bits per heavy atom. The third kappa shape index (κ3) is 4.34. The number of hydrogen-bond donors (Lipinski definition) is 2. The van der Waals surface area contributed by atoms with Gasteiger partial charge in [0.05, 0.1) is 24.1 Å². The van der Waals surface area contributed by atoms with Gasteiger partial charge >= 0.3 is 0 Å². The highest BCUT2D eigenvalue weighted by Gasteiger charge is 2.13. The standard InChI is InChI=1S/C17H14BrN3O3S/c1-10-13(5-6-24-10)16(23)19-8-15(22)21-17-20-14(9-25-17)11-3-2-4-12(18)7-11/h2-7,9H,8H2,1H3,(H,19,23)(H,20,21,22). The van der Waals surface area contributed by atoms with E-state index in [0.29, 0.717) is 16.5 Å². The molecule has 0 spiro atoms. The minimum atomic E-state index is -0.352. The van der Waals surface area contributed by atoms with E-state index in [9.17, 15) is 9.59 Å². The Morgan fingerprint density at radius 3 is 2.88 bits per heavy atom. The molecular weight excluding hydrogens is 406 g/mol. The Balaban J connectivity index is 1.57. The molecule has 6 nitrogen and oxygen atoms in total. The zero-order valence-corrected chi connectivity index (χ0v) is 15.6. The second-order valence-electron chi connectivity index (χ2n) is 5.17. The maximum absolute atomic E-state index is 12.0. The number of aryl methyl sites for hydroxylation is 1. The van der Waals surface area contributed by atoms with Crippen molar-refractivity contribution in [1.82, 2.24) is 10.3 Å². The highest BCUT2D eigenvalue weighted by atomic mass is 79.9. The smallest absolute Gasteiger partial charge is 0.255 e. The van der Waals surface area contributed by atoms with Crippen LogP contribution in [0.1, 0.15) is 16.1 Å². The van der Waals surface area contributed by atoms with Crippen LogP contribution >= 0.6 is 27.3 Å². The molecule has 0 unspecified atom stereocenters. The Hall–Kier alpha value is -2.45. The molecule has 0 aliphatic heterocycles. The number of benzene rings is 1. The molecule has 0 fully saturated rings. The van der Waals surface area contributed by atoms with Crippen molar-refractivity contribution in [3.63, 3.8) is 0 Å². The molecule has 128 valence electrons. The van der Waals surface area contributed by atoms with Gasteiger partial charge in [0.1, 0.15) is 5.76 Å². The van der Waals surface area contributed by atoms with Crippen molar-refractivity contribution in [1.29, 1.82) is 0 Å². The average molecular weight is 420 g/mol. The van der Waals surface area contributed by atoms with Crippen molar-refractivity contribution in [3.05, 3.63) is 57.8 Å². The van der Waals surface area contributed by atoms with Crippen molar-refractivity contribution in [2.45, 2.75) is 6.92 Å². The van der Waals surface area contributed by atoms with Gasteiger partial charge < -0.3 is 15.1 Å². The van der Waals surface area contributed by atoms with Gasteiger partial charge in [-0.15, -0.1) is 11.3 Å². The maximum Gasteiger partial charge on any atom is 0.255 e. The number of carbonyl (C=O) groups excluding carboxylic acids is 2. The summed E-state index contributed by atoms with van der Waals surface area (Å²) in [6.07, 6.45) is 1.43. The van der Waals surface area contributed by atoms with E-state index < -0.39 is 0 Å². The first kappa shape index (κ1) is 17.4. The maximum atomic E-state index is 12.0. The minimum Gasteiger partial charge on any atom is -0.469 e. The lowest BCUT2D eigenvalue weighted by Gasteiger charge is -2.04. The molecule has 1 aromatic carbocycles. The summed E-state index contributed by atoms with van der Waals surface area (Å²) in [7, 11) is 0. The Labute approximate surface area is 156 Å². The summed E-state index contributed by atoms with van der Waals surface area (Å²) >= 11 is 4.75. The molecule has 2 amide bonds. The molecular formula is C17H14BrN3O3S. The molecule has 0 radical (unpaired) electrons. The van der Waals surface area contributed by atoms with Crippen LogP contribution in [0.4, 0.5) is 5.13 Å². The second kappa shape index (κ2) is 7.62. The first-order chi connectivity index (χ1) is 12.0. The number of nitrogens with zero attached hydrogens (tertiary/aromatic N) is 1. The number of aromatic nitrogens is 1. The van der Waals surface area contributed by atoms with Crippen LogP contribution in [0.15, 0.2) is 50.9 Å². The molecule has 2 aromatic heterocycles. The van der Waals surface area contributed by atoms with Crippen LogP contribution in [-0.2, 0) is 4.79 Å². The van der Waals surface area contributed by atoms with Crippen LogP contribution in [0.5, 0.6) is 0 Å². The second-order valence-corrected chi connectivity index (χ2v) is 6.94. The van der Waals surface area contributed by atoms with Crippen molar-refractivity contribution < 1.29 is 14.0 Å². The van der Waals surface area contributed by atoms with Crippen LogP contribution in [-0.4, -0.2) is 23.3 Å². The van der Waals surface area contributed by atoms with Crippen LogP contribution in [0.2, 0.25) is 0 Å².